The number of carbonyl (C=O) groups is 1. The van der Waals surface area contributed by atoms with Crippen LogP contribution >= 0.6 is 0 Å². The molecule has 0 fully saturated rings. The van der Waals surface area contributed by atoms with E-state index < -0.39 is 11.9 Å². The van der Waals surface area contributed by atoms with Gasteiger partial charge in [-0.3, -0.25) is 4.79 Å². The van der Waals surface area contributed by atoms with Gasteiger partial charge in [-0.15, -0.1) is 0 Å². The van der Waals surface area contributed by atoms with E-state index in [1.807, 2.05) is 62.4 Å². The molecule has 3 heteroatoms. The van der Waals surface area contributed by atoms with Crippen LogP contribution in [0.1, 0.15) is 22.6 Å². The SMILES string of the molecule is Cc1ccc(C(COc2cccc(C)c2)C(=O)O)cc1. The van der Waals surface area contributed by atoms with Gasteiger partial charge in [-0.05, 0) is 37.1 Å². The lowest BCUT2D eigenvalue weighted by Gasteiger charge is -2.14. The molecule has 0 aliphatic rings. The maximum atomic E-state index is 11.4. The van der Waals surface area contributed by atoms with Crippen LogP contribution in [-0.2, 0) is 4.79 Å². The van der Waals surface area contributed by atoms with Crippen LogP contribution in [0.2, 0.25) is 0 Å². The second-order valence-corrected chi connectivity index (χ2v) is 4.93. The molecule has 104 valence electrons. The summed E-state index contributed by atoms with van der Waals surface area (Å²) in [5, 5.41) is 9.35. The summed E-state index contributed by atoms with van der Waals surface area (Å²) >= 11 is 0. The average molecular weight is 270 g/mol. The molecule has 0 saturated heterocycles. The maximum absolute atomic E-state index is 11.4. The second-order valence-electron chi connectivity index (χ2n) is 4.93. The highest BCUT2D eigenvalue weighted by molar-refractivity contribution is 5.76. The highest BCUT2D eigenvalue weighted by atomic mass is 16.5. The Balaban J connectivity index is 2.10. The fraction of sp³-hybridized carbons (Fsp3) is 0.235. The molecule has 0 spiro atoms. The molecule has 0 aromatic heterocycles. The molecule has 2 rings (SSSR count). The zero-order valence-electron chi connectivity index (χ0n) is 11.7. The minimum Gasteiger partial charge on any atom is -0.492 e. The van der Waals surface area contributed by atoms with Crippen molar-refractivity contribution in [3.05, 3.63) is 65.2 Å². The lowest BCUT2D eigenvalue weighted by Crippen LogP contribution is -2.19. The van der Waals surface area contributed by atoms with Crippen molar-refractivity contribution < 1.29 is 14.6 Å². The van der Waals surface area contributed by atoms with Gasteiger partial charge in [0.2, 0.25) is 0 Å². The Morgan fingerprint density at radius 1 is 1.10 bits per heavy atom. The van der Waals surface area contributed by atoms with Crippen molar-refractivity contribution in [2.24, 2.45) is 0 Å². The number of aliphatic carboxylic acids is 1. The summed E-state index contributed by atoms with van der Waals surface area (Å²) in [6.07, 6.45) is 0. The van der Waals surface area contributed by atoms with E-state index in [1.54, 1.807) is 0 Å². The minimum absolute atomic E-state index is 0.127. The molecule has 0 aliphatic carbocycles. The van der Waals surface area contributed by atoms with Crippen molar-refractivity contribution in [1.29, 1.82) is 0 Å². The van der Waals surface area contributed by atoms with Gasteiger partial charge in [0.25, 0.3) is 0 Å². The maximum Gasteiger partial charge on any atom is 0.314 e. The van der Waals surface area contributed by atoms with Crippen LogP contribution in [0.25, 0.3) is 0 Å². The molecule has 20 heavy (non-hydrogen) atoms. The summed E-state index contributed by atoms with van der Waals surface area (Å²) in [5.74, 6) is -0.832. The number of hydrogen-bond acceptors (Lipinski definition) is 2. The van der Waals surface area contributed by atoms with Gasteiger partial charge >= 0.3 is 5.97 Å². The lowest BCUT2D eigenvalue weighted by atomic mass is 9.99. The summed E-state index contributed by atoms with van der Waals surface area (Å²) in [7, 11) is 0. The zero-order chi connectivity index (χ0) is 14.5. The highest BCUT2D eigenvalue weighted by Gasteiger charge is 2.20. The predicted molar refractivity (Wildman–Crippen MR) is 78.2 cm³/mol. The number of aryl methyl sites for hydroxylation is 2. The van der Waals surface area contributed by atoms with Gasteiger partial charge < -0.3 is 9.84 Å². The topological polar surface area (TPSA) is 46.5 Å². The van der Waals surface area contributed by atoms with Crippen LogP contribution in [0.5, 0.6) is 5.75 Å². The molecular formula is C17H18O3. The summed E-state index contributed by atoms with van der Waals surface area (Å²) in [6.45, 7) is 4.08. The van der Waals surface area contributed by atoms with Gasteiger partial charge in [-0.1, -0.05) is 42.0 Å². The van der Waals surface area contributed by atoms with Crippen LogP contribution in [0.4, 0.5) is 0 Å². The third kappa shape index (κ3) is 3.60. The average Bonchev–Trinajstić information content (AvgIpc) is 2.41. The molecule has 3 nitrogen and oxygen atoms in total. The lowest BCUT2D eigenvalue weighted by molar-refractivity contribution is -0.139. The number of carboxylic acids is 1. The smallest absolute Gasteiger partial charge is 0.314 e. The van der Waals surface area contributed by atoms with Gasteiger partial charge in [-0.25, -0.2) is 0 Å². The molecule has 0 bridgehead atoms. The third-order valence-corrected chi connectivity index (χ3v) is 3.18. The number of rotatable bonds is 5. The standard InChI is InChI=1S/C17H18O3/c1-12-6-8-14(9-7-12)16(17(18)19)11-20-15-5-3-4-13(2)10-15/h3-10,16H,11H2,1-2H3,(H,18,19). The Hall–Kier alpha value is -2.29. The van der Waals surface area contributed by atoms with E-state index in [-0.39, 0.29) is 6.61 Å². The summed E-state index contributed by atoms with van der Waals surface area (Å²) in [5.41, 5.74) is 2.96. The molecule has 0 heterocycles. The van der Waals surface area contributed by atoms with Crippen molar-refractivity contribution >= 4 is 5.97 Å². The van der Waals surface area contributed by atoms with Crippen LogP contribution in [-0.4, -0.2) is 17.7 Å². The van der Waals surface area contributed by atoms with Crippen molar-refractivity contribution in [3.8, 4) is 5.75 Å². The quantitative estimate of drug-likeness (QED) is 0.903. The first kappa shape index (κ1) is 14.1. The molecule has 2 aromatic carbocycles. The molecule has 0 saturated carbocycles. The van der Waals surface area contributed by atoms with Crippen LogP contribution in [0.3, 0.4) is 0 Å². The molecule has 0 amide bonds. The van der Waals surface area contributed by atoms with Crippen molar-refractivity contribution in [2.75, 3.05) is 6.61 Å². The van der Waals surface area contributed by atoms with E-state index in [0.717, 1.165) is 16.7 Å². The Morgan fingerprint density at radius 3 is 2.40 bits per heavy atom. The van der Waals surface area contributed by atoms with E-state index in [9.17, 15) is 9.90 Å². The van der Waals surface area contributed by atoms with Crippen molar-refractivity contribution in [2.45, 2.75) is 19.8 Å². The van der Waals surface area contributed by atoms with Gasteiger partial charge in [0.05, 0.1) is 0 Å². The van der Waals surface area contributed by atoms with Gasteiger partial charge in [0.15, 0.2) is 0 Å². The Bertz CT molecular complexity index is 587. The Kier molecular flexibility index (Phi) is 4.41. The Labute approximate surface area is 118 Å². The molecule has 2 aromatic rings. The van der Waals surface area contributed by atoms with E-state index in [1.165, 1.54) is 0 Å². The first-order valence-electron chi connectivity index (χ1n) is 6.55. The normalized spacial score (nSPS) is 11.9. The van der Waals surface area contributed by atoms with Crippen molar-refractivity contribution in [1.82, 2.24) is 0 Å². The fourth-order valence-electron chi connectivity index (χ4n) is 1.99. The fourth-order valence-corrected chi connectivity index (χ4v) is 1.99. The molecular weight excluding hydrogens is 252 g/mol. The number of hydrogen-bond donors (Lipinski definition) is 1. The van der Waals surface area contributed by atoms with Crippen LogP contribution in [0, 0.1) is 13.8 Å². The summed E-state index contributed by atoms with van der Waals surface area (Å²) < 4.78 is 5.61. The highest BCUT2D eigenvalue weighted by Crippen LogP contribution is 2.20. The zero-order valence-corrected chi connectivity index (χ0v) is 11.7. The van der Waals surface area contributed by atoms with Gasteiger partial charge in [0, 0.05) is 0 Å². The molecule has 0 radical (unpaired) electrons. The molecule has 1 N–H and O–H groups in total. The molecule has 1 unspecified atom stereocenters. The largest absolute Gasteiger partial charge is 0.492 e. The van der Waals surface area contributed by atoms with Crippen LogP contribution in [0.15, 0.2) is 48.5 Å². The molecule has 1 atom stereocenters. The van der Waals surface area contributed by atoms with Crippen LogP contribution < -0.4 is 4.74 Å². The predicted octanol–water partition coefficient (Wildman–Crippen LogP) is 3.55. The minimum atomic E-state index is -0.874. The van der Waals surface area contributed by atoms with E-state index in [4.69, 9.17) is 4.74 Å². The third-order valence-electron chi connectivity index (χ3n) is 3.18. The first-order valence-corrected chi connectivity index (χ1v) is 6.55. The van der Waals surface area contributed by atoms with E-state index in [0.29, 0.717) is 5.75 Å². The summed E-state index contributed by atoms with van der Waals surface area (Å²) in [6, 6.07) is 15.1. The van der Waals surface area contributed by atoms with Gasteiger partial charge in [-0.2, -0.15) is 0 Å². The monoisotopic (exact) mass is 270 g/mol. The van der Waals surface area contributed by atoms with E-state index in [2.05, 4.69) is 0 Å². The van der Waals surface area contributed by atoms with Gasteiger partial charge in [0.1, 0.15) is 18.3 Å². The number of carboxylic acid groups (broad SMARTS) is 1. The van der Waals surface area contributed by atoms with Crippen molar-refractivity contribution in [3.63, 3.8) is 0 Å². The second kappa shape index (κ2) is 6.24. The molecule has 0 aliphatic heterocycles. The number of ether oxygens (including phenoxy) is 1. The Morgan fingerprint density at radius 2 is 1.80 bits per heavy atom. The number of benzene rings is 2. The first-order chi connectivity index (χ1) is 9.56. The summed E-state index contributed by atoms with van der Waals surface area (Å²) in [4.78, 5) is 11.4. The van der Waals surface area contributed by atoms with E-state index >= 15 is 0 Å².